The molecule has 4 aliphatic rings. The van der Waals surface area contributed by atoms with Gasteiger partial charge in [0.2, 0.25) is 0 Å². The molecule has 5 nitrogen and oxygen atoms in total. The number of aliphatic hydroxyl groups excluding tert-OH is 1. The minimum atomic E-state index is -0.752. The lowest BCUT2D eigenvalue weighted by atomic mass is 9.62. The molecule has 26 heavy (non-hydrogen) atoms. The van der Waals surface area contributed by atoms with Crippen LogP contribution in [0.3, 0.4) is 0 Å². The molecule has 138 valence electrons. The van der Waals surface area contributed by atoms with E-state index in [9.17, 15) is 14.7 Å². The summed E-state index contributed by atoms with van der Waals surface area (Å²) in [6, 6.07) is 1.74. The smallest absolute Gasteiger partial charge is 0.346 e. The van der Waals surface area contributed by atoms with Crippen molar-refractivity contribution in [3.63, 3.8) is 0 Å². The predicted molar refractivity (Wildman–Crippen MR) is 94.8 cm³/mol. The maximum atomic E-state index is 12.4. The van der Waals surface area contributed by atoms with Crippen LogP contribution in [0.5, 0.6) is 5.75 Å². The lowest BCUT2D eigenvalue weighted by Gasteiger charge is -2.50. The number of carbonyl (C=O) groups excluding carboxylic acids is 1. The van der Waals surface area contributed by atoms with E-state index < -0.39 is 28.2 Å². The van der Waals surface area contributed by atoms with Crippen molar-refractivity contribution in [2.75, 3.05) is 0 Å². The lowest BCUT2D eigenvalue weighted by Crippen LogP contribution is -2.57. The molecule has 1 unspecified atom stereocenters. The third-order valence-electron chi connectivity index (χ3n) is 7.48. The van der Waals surface area contributed by atoms with Crippen LogP contribution in [0, 0.1) is 29.1 Å². The van der Waals surface area contributed by atoms with Crippen molar-refractivity contribution in [3.05, 3.63) is 33.4 Å². The molecular weight excluding hydrogens is 332 g/mol. The van der Waals surface area contributed by atoms with Crippen LogP contribution in [0.4, 0.5) is 0 Å². The Morgan fingerprint density at radius 2 is 2.00 bits per heavy atom. The largest absolute Gasteiger partial charge is 0.481 e. The number of ether oxygens (including phenoxy) is 1. The SMILES string of the molecule is Cc1cc2c(c(=O)o1)C=C1[C@]3(CC(C)(C)CC3[C@H](O)[C@]3(C)C[C@]13C=O)O2. The second kappa shape index (κ2) is 4.33. The van der Waals surface area contributed by atoms with E-state index in [1.807, 2.05) is 13.0 Å². The summed E-state index contributed by atoms with van der Waals surface area (Å²) >= 11 is 0. The van der Waals surface area contributed by atoms with Gasteiger partial charge >= 0.3 is 5.63 Å². The molecule has 3 saturated carbocycles. The van der Waals surface area contributed by atoms with Crippen molar-refractivity contribution in [2.45, 2.75) is 58.7 Å². The molecule has 5 atom stereocenters. The number of hydrogen-bond acceptors (Lipinski definition) is 5. The Balaban J connectivity index is 1.82. The summed E-state index contributed by atoms with van der Waals surface area (Å²) in [5, 5.41) is 11.2. The average molecular weight is 356 g/mol. The highest BCUT2D eigenvalue weighted by molar-refractivity contribution is 5.81. The van der Waals surface area contributed by atoms with Gasteiger partial charge in [-0.05, 0) is 43.3 Å². The normalized spacial score (nSPS) is 44.0. The summed E-state index contributed by atoms with van der Waals surface area (Å²) < 4.78 is 11.8. The molecule has 5 rings (SSSR count). The third kappa shape index (κ3) is 1.62. The Morgan fingerprint density at radius 3 is 2.69 bits per heavy atom. The lowest BCUT2D eigenvalue weighted by molar-refractivity contribution is -0.121. The summed E-state index contributed by atoms with van der Waals surface area (Å²) in [6.45, 7) is 8.05. The summed E-state index contributed by atoms with van der Waals surface area (Å²) in [5.74, 6) is 0.904. The Labute approximate surface area is 152 Å². The molecule has 2 heterocycles. The third-order valence-corrected chi connectivity index (χ3v) is 7.48. The fourth-order valence-electron chi connectivity index (χ4n) is 6.27. The molecule has 0 radical (unpaired) electrons. The van der Waals surface area contributed by atoms with Crippen molar-refractivity contribution in [1.29, 1.82) is 0 Å². The highest BCUT2D eigenvalue weighted by atomic mass is 16.5. The molecule has 3 fully saturated rings. The van der Waals surface area contributed by atoms with Crippen molar-refractivity contribution in [2.24, 2.45) is 22.2 Å². The zero-order valence-corrected chi connectivity index (χ0v) is 15.6. The highest BCUT2D eigenvalue weighted by Crippen LogP contribution is 2.79. The Kier molecular flexibility index (Phi) is 2.71. The van der Waals surface area contributed by atoms with Crippen LogP contribution >= 0.6 is 0 Å². The van der Waals surface area contributed by atoms with E-state index >= 15 is 0 Å². The molecule has 1 N–H and O–H groups in total. The molecule has 0 saturated heterocycles. The van der Waals surface area contributed by atoms with Crippen molar-refractivity contribution < 1.29 is 19.1 Å². The molecule has 1 spiro atoms. The summed E-state index contributed by atoms with van der Waals surface area (Å²) in [6.07, 6.45) is 4.35. The fraction of sp³-hybridized carbons (Fsp3) is 0.619. The van der Waals surface area contributed by atoms with Gasteiger partial charge in [0.05, 0.1) is 11.5 Å². The van der Waals surface area contributed by atoms with Crippen molar-refractivity contribution in [3.8, 4) is 5.75 Å². The van der Waals surface area contributed by atoms with Crippen LogP contribution in [0.15, 0.2) is 20.9 Å². The first kappa shape index (κ1) is 16.3. The molecule has 1 aromatic heterocycles. The van der Waals surface area contributed by atoms with E-state index in [2.05, 4.69) is 13.8 Å². The molecule has 0 amide bonds. The van der Waals surface area contributed by atoms with Crippen molar-refractivity contribution in [1.82, 2.24) is 0 Å². The topological polar surface area (TPSA) is 76.7 Å². The average Bonchev–Trinajstić information content (AvgIpc) is 3.08. The van der Waals surface area contributed by atoms with Gasteiger partial charge in [0.25, 0.3) is 0 Å². The minimum Gasteiger partial charge on any atom is -0.481 e. The van der Waals surface area contributed by atoms with E-state index in [-0.39, 0.29) is 11.3 Å². The number of aliphatic hydroxyl groups is 1. The van der Waals surface area contributed by atoms with Gasteiger partial charge in [-0.2, -0.15) is 0 Å². The molecule has 0 aromatic carbocycles. The Bertz CT molecular complexity index is 940. The zero-order chi connectivity index (χ0) is 18.7. The second-order valence-electron chi connectivity index (χ2n) is 9.75. The zero-order valence-electron chi connectivity index (χ0n) is 15.6. The van der Waals surface area contributed by atoms with Crippen molar-refractivity contribution >= 4 is 12.4 Å². The number of fused-ring (bicyclic) bond motifs is 3. The van der Waals surface area contributed by atoms with E-state index in [0.29, 0.717) is 23.5 Å². The van der Waals surface area contributed by atoms with Crippen LogP contribution in [-0.2, 0) is 4.79 Å². The van der Waals surface area contributed by atoms with E-state index in [1.165, 1.54) is 0 Å². The maximum absolute atomic E-state index is 12.4. The quantitative estimate of drug-likeness (QED) is 0.783. The summed E-state index contributed by atoms with van der Waals surface area (Å²) in [7, 11) is 0. The molecular formula is C21H24O5. The predicted octanol–water partition coefficient (Wildman–Crippen LogP) is 2.87. The van der Waals surface area contributed by atoms with E-state index in [4.69, 9.17) is 9.15 Å². The first-order chi connectivity index (χ1) is 12.1. The molecule has 0 bridgehead atoms. The van der Waals surface area contributed by atoms with Gasteiger partial charge < -0.3 is 19.1 Å². The summed E-state index contributed by atoms with van der Waals surface area (Å²) in [5.41, 5.74) is -1.18. The molecule has 3 aliphatic carbocycles. The summed E-state index contributed by atoms with van der Waals surface area (Å²) in [4.78, 5) is 24.6. The number of aldehydes is 1. The monoisotopic (exact) mass is 356 g/mol. The second-order valence-corrected chi connectivity index (χ2v) is 9.75. The van der Waals surface area contributed by atoms with E-state index in [0.717, 1.165) is 24.7 Å². The van der Waals surface area contributed by atoms with Crippen LogP contribution < -0.4 is 10.4 Å². The Morgan fingerprint density at radius 1 is 1.27 bits per heavy atom. The van der Waals surface area contributed by atoms with Gasteiger partial charge in [-0.25, -0.2) is 4.79 Å². The van der Waals surface area contributed by atoms with E-state index in [1.54, 1.807) is 13.0 Å². The fourth-order valence-corrected chi connectivity index (χ4v) is 6.27. The van der Waals surface area contributed by atoms with Gasteiger partial charge in [-0.1, -0.05) is 20.8 Å². The number of carbonyl (C=O) groups is 1. The van der Waals surface area contributed by atoms with Crippen LogP contribution in [0.1, 0.15) is 51.4 Å². The first-order valence-corrected chi connectivity index (χ1v) is 9.29. The van der Waals surface area contributed by atoms with Gasteiger partial charge in [0.1, 0.15) is 29.0 Å². The Hall–Kier alpha value is -1.88. The number of hydrogen-bond donors (Lipinski definition) is 1. The van der Waals surface area contributed by atoms with Gasteiger partial charge in [-0.3, -0.25) is 0 Å². The van der Waals surface area contributed by atoms with Gasteiger partial charge in [-0.15, -0.1) is 0 Å². The first-order valence-electron chi connectivity index (χ1n) is 9.29. The number of aryl methyl sites for hydroxylation is 1. The number of rotatable bonds is 1. The van der Waals surface area contributed by atoms with Crippen LogP contribution in [-0.4, -0.2) is 23.1 Å². The highest BCUT2D eigenvalue weighted by Gasteiger charge is 2.81. The minimum absolute atomic E-state index is 0.0199. The molecule has 1 aliphatic heterocycles. The standard InChI is InChI=1S/C21H24O5/c1-11-5-14-12(17(24)25-11)6-15-20(10-22)9-19(20,4)16(23)13-7-18(2,3)8-21(13,15)26-14/h5-6,10,13,16,23H,7-9H2,1-4H3/t13?,16-,19-,20-,21+/m0/s1. The van der Waals surface area contributed by atoms with Gasteiger partial charge in [0, 0.05) is 17.4 Å². The van der Waals surface area contributed by atoms with Crippen LogP contribution in [0.25, 0.3) is 6.08 Å². The van der Waals surface area contributed by atoms with Gasteiger partial charge in [0.15, 0.2) is 0 Å². The molecule has 1 aromatic rings. The van der Waals surface area contributed by atoms with Crippen LogP contribution in [0.2, 0.25) is 0 Å². The maximum Gasteiger partial charge on any atom is 0.346 e. The molecule has 5 heteroatoms.